The minimum atomic E-state index is -0.117. The van der Waals surface area contributed by atoms with E-state index in [1.54, 1.807) is 0 Å². The van der Waals surface area contributed by atoms with Gasteiger partial charge in [-0.1, -0.05) is 152 Å². The molecule has 10 rings (SSSR count). The zero-order valence-corrected chi connectivity index (χ0v) is 28.1. The van der Waals surface area contributed by atoms with Gasteiger partial charge in [0.2, 0.25) is 0 Å². The molecule has 0 aliphatic heterocycles. The molecule has 0 unspecified atom stereocenters. The molecular formula is C50H33NO. The molecule has 0 radical (unpaired) electrons. The van der Waals surface area contributed by atoms with Crippen molar-refractivity contribution in [3.8, 4) is 33.4 Å². The van der Waals surface area contributed by atoms with Gasteiger partial charge in [-0.2, -0.15) is 0 Å². The molecule has 2 nitrogen and oxygen atoms in total. The van der Waals surface area contributed by atoms with Gasteiger partial charge >= 0.3 is 0 Å². The summed E-state index contributed by atoms with van der Waals surface area (Å²) in [5, 5.41) is 6.60. The quantitative estimate of drug-likeness (QED) is 0.175. The maximum absolute atomic E-state index is 9.36. The van der Waals surface area contributed by atoms with E-state index >= 15 is 0 Å². The van der Waals surface area contributed by atoms with E-state index in [1.807, 2.05) is 95.9 Å². The topological polar surface area (TPSA) is 16.4 Å². The van der Waals surface area contributed by atoms with Gasteiger partial charge in [-0.05, 0) is 98.0 Å². The molecule has 0 bridgehead atoms. The van der Waals surface area contributed by atoms with Gasteiger partial charge in [0.1, 0.15) is 11.2 Å². The lowest BCUT2D eigenvalue weighted by Gasteiger charge is -2.26. The summed E-state index contributed by atoms with van der Waals surface area (Å²) in [5.74, 6) is 0. The summed E-state index contributed by atoms with van der Waals surface area (Å²) < 4.78 is 43.5. The van der Waals surface area contributed by atoms with Crippen molar-refractivity contribution >= 4 is 60.5 Å². The summed E-state index contributed by atoms with van der Waals surface area (Å²) in [4.78, 5) is 1.84. The molecule has 0 amide bonds. The second kappa shape index (κ2) is 12.5. The monoisotopic (exact) mass is 667 g/mol. The van der Waals surface area contributed by atoms with Gasteiger partial charge in [0.05, 0.1) is 5.48 Å². The fraction of sp³-hybridized carbons (Fsp3) is 0. The van der Waals surface area contributed by atoms with Crippen LogP contribution in [0.3, 0.4) is 0 Å². The Labute approximate surface area is 308 Å². The number of benzene rings is 9. The summed E-state index contributed by atoms with van der Waals surface area (Å²) in [5.41, 5.74) is 8.35. The van der Waals surface area contributed by atoms with Crippen LogP contribution in [0.15, 0.2) is 205 Å². The van der Waals surface area contributed by atoms with Crippen molar-refractivity contribution in [3.63, 3.8) is 0 Å². The molecule has 244 valence electrons. The van der Waals surface area contributed by atoms with E-state index in [-0.39, 0.29) is 35.4 Å². The highest BCUT2D eigenvalue weighted by Crippen LogP contribution is 2.42. The Bertz CT molecular complexity index is 3080. The van der Waals surface area contributed by atoms with Crippen molar-refractivity contribution in [1.82, 2.24) is 0 Å². The van der Waals surface area contributed by atoms with Crippen LogP contribution in [0.1, 0.15) is 5.48 Å². The summed E-state index contributed by atoms with van der Waals surface area (Å²) >= 11 is 0. The van der Waals surface area contributed by atoms with Crippen LogP contribution in [0.4, 0.5) is 17.1 Å². The maximum Gasteiger partial charge on any atom is 0.143 e. The average molecular weight is 668 g/mol. The van der Waals surface area contributed by atoms with Gasteiger partial charge in [-0.15, -0.1) is 0 Å². The molecule has 0 saturated heterocycles. The van der Waals surface area contributed by atoms with Crippen molar-refractivity contribution in [1.29, 1.82) is 0 Å². The van der Waals surface area contributed by atoms with E-state index in [4.69, 9.17) is 7.16 Å². The molecule has 1 aromatic heterocycles. The van der Waals surface area contributed by atoms with Gasteiger partial charge in [0.15, 0.2) is 0 Å². The molecule has 52 heavy (non-hydrogen) atoms. The molecule has 0 N–H and O–H groups in total. The lowest BCUT2D eigenvalue weighted by atomic mass is 9.97. The van der Waals surface area contributed by atoms with Crippen LogP contribution >= 0.6 is 0 Å². The largest absolute Gasteiger partial charge is 0.455 e. The molecule has 0 aliphatic carbocycles. The van der Waals surface area contributed by atoms with Crippen LogP contribution in [0.2, 0.25) is 0 Å². The third-order valence-corrected chi connectivity index (χ3v) is 9.95. The highest BCUT2D eigenvalue weighted by molar-refractivity contribution is 6.19. The van der Waals surface area contributed by atoms with Gasteiger partial charge < -0.3 is 9.32 Å². The zero-order valence-electron chi connectivity index (χ0n) is 32.1. The normalized spacial score (nSPS) is 12.5. The van der Waals surface area contributed by atoms with Crippen LogP contribution in [0.5, 0.6) is 0 Å². The number of fused-ring (bicyclic) bond motifs is 6. The first-order valence-corrected chi connectivity index (χ1v) is 17.4. The van der Waals surface area contributed by atoms with Crippen LogP contribution in [-0.4, -0.2) is 0 Å². The van der Waals surface area contributed by atoms with E-state index < -0.39 is 0 Å². The third kappa shape index (κ3) is 5.12. The molecule has 9 aromatic carbocycles. The minimum Gasteiger partial charge on any atom is -0.455 e. The Balaban J connectivity index is 1.13. The van der Waals surface area contributed by atoms with E-state index in [2.05, 4.69) is 84.9 Å². The molecule has 0 spiro atoms. The standard InChI is InChI=1S/C50H33NO/c1-2-10-34(11-3-1)35-20-27-40(28-21-35)51(41-29-22-38(23-30-41)44-17-8-14-36-12-4-6-15-43(36)44)42-31-24-39(25-32-42)45-18-9-19-48-49(45)47-33-26-37-13-5-7-16-46(37)50(47)52-48/h1-33H/i20D,21D,27D,28D. The molecule has 10 aromatic rings. The first-order valence-electron chi connectivity index (χ1n) is 19.4. The summed E-state index contributed by atoms with van der Waals surface area (Å²) in [6.07, 6.45) is 0. The van der Waals surface area contributed by atoms with Crippen molar-refractivity contribution in [3.05, 3.63) is 200 Å². The highest BCUT2D eigenvalue weighted by Gasteiger charge is 2.17. The molecule has 0 aliphatic rings. The SMILES string of the molecule is [2H]c1c([2H])c(N(c2ccc(-c3cccc4ccccc34)cc2)c2ccc(-c3cccc4oc5c6ccccc6ccc5c34)cc2)c([2H])c([2H])c1-c1ccccc1. The Morgan fingerprint density at radius 2 is 0.942 bits per heavy atom. The Hall–Kier alpha value is -6.90. The van der Waals surface area contributed by atoms with Gasteiger partial charge in [0.25, 0.3) is 0 Å². The second-order valence-corrected chi connectivity index (χ2v) is 13.0. The van der Waals surface area contributed by atoms with Crippen LogP contribution in [0, 0.1) is 0 Å². The first kappa shape index (κ1) is 26.0. The van der Waals surface area contributed by atoms with E-state index in [1.165, 1.54) is 0 Å². The number of nitrogens with zero attached hydrogens (tertiary/aromatic N) is 1. The zero-order chi connectivity index (χ0) is 37.9. The summed E-state index contributed by atoms with van der Waals surface area (Å²) in [7, 11) is 0. The fourth-order valence-corrected chi connectivity index (χ4v) is 7.43. The van der Waals surface area contributed by atoms with Crippen LogP contribution in [0.25, 0.3) is 76.9 Å². The molecular weight excluding hydrogens is 631 g/mol. The Kier molecular flexibility index (Phi) is 6.22. The molecule has 1 heterocycles. The molecule has 0 fully saturated rings. The first-order chi connectivity index (χ1) is 27.5. The molecule has 0 atom stereocenters. The van der Waals surface area contributed by atoms with E-state index in [0.29, 0.717) is 16.9 Å². The van der Waals surface area contributed by atoms with Crippen molar-refractivity contribution < 1.29 is 9.90 Å². The molecule has 2 heteroatoms. The molecule has 0 saturated carbocycles. The predicted octanol–water partition coefficient (Wildman–Crippen LogP) is 14.4. The maximum atomic E-state index is 9.36. The van der Waals surface area contributed by atoms with Gasteiger partial charge in [0, 0.05) is 33.2 Å². The van der Waals surface area contributed by atoms with Crippen LogP contribution in [-0.2, 0) is 0 Å². The number of hydrogen-bond acceptors (Lipinski definition) is 2. The summed E-state index contributed by atoms with van der Waals surface area (Å²) in [6.45, 7) is 0. The number of furan rings is 1. The number of hydrogen-bond donors (Lipinski definition) is 0. The average Bonchev–Trinajstić information content (AvgIpc) is 3.65. The van der Waals surface area contributed by atoms with Gasteiger partial charge in [-0.3, -0.25) is 0 Å². The van der Waals surface area contributed by atoms with Crippen LogP contribution < -0.4 is 4.90 Å². The minimum absolute atomic E-state index is 0.0905. The van der Waals surface area contributed by atoms with Crippen molar-refractivity contribution in [2.45, 2.75) is 0 Å². The van der Waals surface area contributed by atoms with Crippen molar-refractivity contribution in [2.24, 2.45) is 0 Å². The Morgan fingerprint density at radius 1 is 0.365 bits per heavy atom. The van der Waals surface area contributed by atoms with Gasteiger partial charge in [-0.25, -0.2) is 0 Å². The third-order valence-electron chi connectivity index (χ3n) is 9.95. The lowest BCUT2D eigenvalue weighted by molar-refractivity contribution is 0.673. The highest BCUT2D eigenvalue weighted by atomic mass is 16.3. The summed E-state index contributed by atoms with van der Waals surface area (Å²) in [6, 6.07) is 58.2. The number of anilines is 3. The fourth-order valence-electron chi connectivity index (χ4n) is 7.43. The van der Waals surface area contributed by atoms with Crippen molar-refractivity contribution in [2.75, 3.05) is 4.90 Å². The smallest absolute Gasteiger partial charge is 0.143 e. The number of rotatable bonds is 6. The lowest BCUT2D eigenvalue weighted by Crippen LogP contribution is -2.09. The Morgan fingerprint density at radius 3 is 1.67 bits per heavy atom. The van der Waals surface area contributed by atoms with E-state index in [9.17, 15) is 2.74 Å². The second-order valence-electron chi connectivity index (χ2n) is 13.0. The van der Waals surface area contributed by atoms with E-state index in [0.717, 1.165) is 65.7 Å². The predicted molar refractivity (Wildman–Crippen MR) is 220 cm³/mol.